The van der Waals surface area contributed by atoms with Gasteiger partial charge in [-0.25, -0.2) is 0 Å². The van der Waals surface area contributed by atoms with Crippen molar-refractivity contribution in [2.75, 3.05) is 33.4 Å². The van der Waals surface area contributed by atoms with Crippen molar-refractivity contribution < 1.29 is 4.74 Å². The smallest absolute Gasteiger partial charge is 0.0644 e. The number of methoxy groups -OCH3 is 1. The standard InChI is InChI=1S/C15H30N2O/c1-13(2)17-9-6-14(11-17)10-15(12-18-3)7-4-5-8-16-15/h13-14,16H,4-12H2,1-3H3. The number of hydrogen-bond acceptors (Lipinski definition) is 3. The molecule has 0 aromatic heterocycles. The molecule has 2 aliphatic rings. The number of likely N-dealkylation sites (tertiary alicyclic amines) is 1. The van der Waals surface area contributed by atoms with Crippen molar-refractivity contribution >= 4 is 0 Å². The second-order valence-electron chi connectivity index (χ2n) is 6.54. The first-order valence-corrected chi connectivity index (χ1v) is 7.63. The monoisotopic (exact) mass is 254 g/mol. The highest BCUT2D eigenvalue weighted by atomic mass is 16.5. The molecular formula is C15H30N2O. The number of hydrogen-bond donors (Lipinski definition) is 1. The zero-order valence-electron chi connectivity index (χ0n) is 12.4. The Morgan fingerprint density at radius 1 is 1.39 bits per heavy atom. The summed E-state index contributed by atoms with van der Waals surface area (Å²) < 4.78 is 5.49. The Morgan fingerprint density at radius 2 is 2.22 bits per heavy atom. The Hall–Kier alpha value is -0.120. The van der Waals surface area contributed by atoms with Crippen molar-refractivity contribution in [2.24, 2.45) is 5.92 Å². The molecule has 3 nitrogen and oxygen atoms in total. The summed E-state index contributed by atoms with van der Waals surface area (Å²) in [7, 11) is 1.84. The molecule has 2 unspecified atom stereocenters. The molecule has 2 heterocycles. The first kappa shape index (κ1) is 14.3. The van der Waals surface area contributed by atoms with E-state index in [1.807, 2.05) is 7.11 Å². The van der Waals surface area contributed by atoms with Gasteiger partial charge in [-0.05, 0) is 58.5 Å². The molecule has 0 bridgehead atoms. The van der Waals surface area contributed by atoms with Crippen molar-refractivity contribution in [3.63, 3.8) is 0 Å². The van der Waals surface area contributed by atoms with E-state index in [2.05, 4.69) is 24.1 Å². The van der Waals surface area contributed by atoms with E-state index in [-0.39, 0.29) is 5.54 Å². The van der Waals surface area contributed by atoms with Crippen molar-refractivity contribution in [1.82, 2.24) is 10.2 Å². The molecule has 0 aromatic carbocycles. The number of nitrogens with one attached hydrogen (secondary N) is 1. The maximum absolute atomic E-state index is 5.49. The summed E-state index contributed by atoms with van der Waals surface area (Å²) in [5, 5.41) is 3.76. The number of rotatable bonds is 5. The molecule has 1 N–H and O–H groups in total. The molecule has 0 aliphatic carbocycles. The van der Waals surface area contributed by atoms with Crippen LogP contribution in [0.5, 0.6) is 0 Å². The highest BCUT2D eigenvalue weighted by Gasteiger charge is 2.36. The van der Waals surface area contributed by atoms with Crippen molar-refractivity contribution in [1.29, 1.82) is 0 Å². The van der Waals surface area contributed by atoms with E-state index in [1.54, 1.807) is 0 Å². The van der Waals surface area contributed by atoms with E-state index >= 15 is 0 Å². The van der Waals surface area contributed by atoms with Crippen molar-refractivity contribution in [2.45, 2.75) is 57.5 Å². The average molecular weight is 254 g/mol. The van der Waals surface area contributed by atoms with Crippen molar-refractivity contribution in [3.8, 4) is 0 Å². The van der Waals surface area contributed by atoms with Gasteiger partial charge in [-0.2, -0.15) is 0 Å². The van der Waals surface area contributed by atoms with Gasteiger partial charge in [0.15, 0.2) is 0 Å². The maximum Gasteiger partial charge on any atom is 0.0644 e. The molecule has 0 radical (unpaired) electrons. The minimum atomic E-state index is 0.269. The van der Waals surface area contributed by atoms with Crippen LogP contribution in [0.1, 0.15) is 46.0 Å². The van der Waals surface area contributed by atoms with E-state index in [9.17, 15) is 0 Å². The summed E-state index contributed by atoms with van der Waals surface area (Å²) in [5.41, 5.74) is 0.269. The molecule has 0 spiro atoms. The summed E-state index contributed by atoms with van der Waals surface area (Å²) in [6.45, 7) is 9.24. The summed E-state index contributed by atoms with van der Waals surface area (Å²) >= 11 is 0. The van der Waals surface area contributed by atoms with Crippen LogP contribution < -0.4 is 5.32 Å². The Balaban J connectivity index is 1.89. The van der Waals surface area contributed by atoms with Gasteiger partial charge in [0, 0.05) is 25.2 Å². The van der Waals surface area contributed by atoms with Gasteiger partial charge < -0.3 is 15.0 Å². The van der Waals surface area contributed by atoms with Crippen LogP contribution in [0.2, 0.25) is 0 Å². The fraction of sp³-hybridized carbons (Fsp3) is 1.00. The molecule has 3 heteroatoms. The normalized spacial score (nSPS) is 34.3. The van der Waals surface area contributed by atoms with Crippen LogP contribution in [-0.2, 0) is 4.74 Å². The Bertz CT molecular complexity index is 243. The summed E-state index contributed by atoms with van der Waals surface area (Å²) in [4.78, 5) is 2.62. The first-order chi connectivity index (χ1) is 8.65. The second-order valence-corrected chi connectivity index (χ2v) is 6.54. The zero-order chi connectivity index (χ0) is 13.0. The predicted molar refractivity (Wildman–Crippen MR) is 75.9 cm³/mol. The van der Waals surface area contributed by atoms with Crippen LogP contribution in [0.4, 0.5) is 0 Å². The summed E-state index contributed by atoms with van der Waals surface area (Å²) in [6.07, 6.45) is 6.64. The third kappa shape index (κ3) is 3.46. The van der Waals surface area contributed by atoms with Gasteiger partial charge in [0.2, 0.25) is 0 Å². The molecule has 0 saturated carbocycles. The van der Waals surface area contributed by atoms with Crippen LogP contribution in [0.25, 0.3) is 0 Å². The lowest BCUT2D eigenvalue weighted by atomic mass is 9.81. The van der Waals surface area contributed by atoms with E-state index in [4.69, 9.17) is 4.74 Å². The SMILES string of the molecule is COCC1(CC2CCN(C(C)C)C2)CCCCN1. The third-order valence-corrected chi connectivity index (χ3v) is 4.73. The van der Waals surface area contributed by atoms with Gasteiger partial charge >= 0.3 is 0 Å². The molecule has 106 valence electrons. The molecule has 0 aromatic rings. The minimum Gasteiger partial charge on any atom is -0.383 e. The lowest BCUT2D eigenvalue weighted by Crippen LogP contribution is -2.53. The first-order valence-electron chi connectivity index (χ1n) is 7.63. The largest absolute Gasteiger partial charge is 0.383 e. The molecule has 2 rings (SSSR count). The van der Waals surface area contributed by atoms with Gasteiger partial charge in [0.05, 0.1) is 6.61 Å². The number of ether oxygens (including phenoxy) is 1. The van der Waals surface area contributed by atoms with Crippen molar-refractivity contribution in [3.05, 3.63) is 0 Å². The fourth-order valence-corrected chi connectivity index (χ4v) is 3.71. The molecule has 2 aliphatic heterocycles. The van der Waals surface area contributed by atoms with Gasteiger partial charge in [0.25, 0.3) is 0 Å². The lowest BCUT2D eigenvalue weighted by Gasteiger charge is -2.40. The second kappa shape index (κ2) is 6.36. The van der Waals surface area contributed by atoms with Crippen LogP contribution in [-0.4, -0.2) is 49.8 Å². The zero-order valence-corrected chi connectivity index (χ0v) is 12.4. The molecule has 2 saturated heterocycles. The van der Waals surface area contributed by atoms with E-state index in [1.165, 1.54) is 51.7 Å². The highest BCUT2D eigenvalue weighted by molar-refractivity contribution is 4.95. The van der Waals surface area contributed by atoms with Crippen LogP contribution in [0.15, 0.2) is 0 Å². The number of nitrogens with zero attached hydrogens (tertiary/aromatic N) is 1. The van der Waals surface area contributed by atoms with E-state index in [0.29, 0.717) is 6.04 Å². The quantitative estimate of drug-likeness (QED) is 0.814. The minimum absolute atomic E-state index is 0.269. The maximum atomic E-state index is 5.49. The van der Waals surface area contributed by atoms with E-state index < -0.39 is 0 Å². The van der Waals surface area contributed by atoms with Gasteiger partial charge in [0.1, 0.15) is 0 Å². The lowest BCUT2D eigenvalue weighted by molar-refractivity contribution is 0.0716. The van der Waals surface area contributed by atoms with Crippen LogP contribution >= 0.6 is 0 Å². The topological polar surface area (TPSA) is 24.5 Å². The van der Waals surface area contributed by atoms with Crippen LogP contribution in [0, 0.1) is 5.92 Å². The molecule has 18 heavy (non-hydrogen) atoms. The Kier molecular flexibility index (Phi) is 5.05. The molecule has 2 atom stereocenters. The summed E-state index contributed by atoms with van der Waals surface area (Å²) in [5.74, 6) is 0.855. The van der Waals surface area contributed by atoms with Crippen LogP contribution in [0.3, 0.4) is 0 Å². The molecular weight excluding hydrogens is 224 g/mol. The molecule has 2 fully saturated rings. The summed E-state index contributed by atoms with van der Waals surface area (Å²) in [6, 6.07) is 0.702. The Labute approximate surface area is 112 Å². The molecule has 0 amide bonds. The average Bonchev–Trinajstić information content (AvgIpc) is 2.79. The van der Waals surface area contributed by atoms with Gasteiger partial charge in [-0.3, -0.25) is 0 Å². The number of piperidine rings is 1. The highest BCUT2D eigenvalue weighted by Crippen LogP contribution is 2.31. The Morgan fingerprint density at radius 3 is 2.78 bits per heavy atom. The predicted octanol–water partition coefficient (Wildman–Crippen LogP) is 2.27. The third-order valence-electron chi connectivity index (χ3n) is 4.73. The van der Waals surface area contributed by atoms with Gasteiger partial charge in [-0.1, -0.05) is 6.42 Å². The van der Waals surface area contributed by atoms with E-state index in [0.717, 1.165) is 12.5 Å². The van der Waals surface area contributed by atoms with Gasteiger partial charge in [-0.15, -0.1) is 0 Å². The fourth-order valence-electron chi connectivity index (χ4n) is 3.71.